The minimum atomic E-state index is -0.465. The molecule has 2 aromatic rings. The fourth-order valence-corrected chi connectivity index (χ4v) is 1.37. The molecule has 0 fully saturated rings. The Labute approximate surface area is 96.9 Å². The Hall–Kier alpha value is -2.50. The summed E-state index contributed by atoms with van der Waals surface area (Å²) in [6, 6.07) is 5.95. The van der Waals surface area contributed by atoms with Crippen molar-refractivity contribution in [2.45, 2.75) is 6.54 Å². The van der Waals surface area contributed by atoms with Gasteiger partial charge in [0, 0.05) is 6.20 Å². The third-order valence-corrected chi connectivity index (χ3v) is 2.26. The molecule has 0 radical (unpaired) electrons. The lowest BCUT2D eigenvalue weighted by atomic mass is 10.1. The molecule has 0 saturated heterocycles. The first kappa shape index (κ1) is 11.0. The number of amides is 1. The zero-order valence-electron chi connectivity index (χ0n) is 8.84. The van der Waals surface area contributed by atoms with Crippen molar-refractivity contribution in [3.63, 3.8) is 0 Å². The van der Waals surface area contributed by atoms with E-state index in [0.29, 0.717) is 0 Å². The molecule has 0 atom stereocenters. The Bertz CT molecular complexity index is 523. The smallest absolute Gasteiger partial charge is 0.255 e. The monoisotopic (exact) mass is 233 g/mol. The predicted molar refractivity (Wildman–Crippen MR) is 59.5 cm³/mol. The van der Waals surface area contributed by atoms with Gasteiger partial charge in [0.1, 0.15) is 0 Å². The second kappa shape index (κ2) is 4.56. The summed E-state index contributed by atoms with van der Waals surface area (Å²) in [6.07, 6.45) is 1.58. The Morgan fingerprint density at radius 1 is 1.35 bits per heavy atom. The number of H-pyrrole nitrogens is 1. The van der Waals surface area contributed by atoms with Crippen molar-refractivity contribution in [3.8, 4) is 11.5 Å². The second-order valence-corrected chi connectivity index (χ2v) is 3.44. The van der Waals surface area contributed by atoms with Crippen molar-refractivity contribution >= 4 is 5.91 Å². The normalized spacial score (nSPS) is 10.1. The molecule has 17 heavy (non-hydrogen) atoms. The number of para-hydroxylation sites is 1. The van der Waals surface area contributed by atoms with Crippen molar-refractivity contribution in [2.75, 3.05) is 0 Å². The van der Waals surface area contributed by atoms with Gasteiger partial charge in [0.2, 0.25) is 0 Å². The number of hydrogen-bond acceptors (Lipinski definition) is 4. The molecule has 0 aliphatic carbocycles. The van der Waals surface area contributed by atoms with Crippen LogP contribution in [0.5, 0.6) is 11.5 Å². The van der Waals surface area contributed by atoms with Gasteiger partial charge in [-0.1, -0.05) is 6.07 Å². The first-order valence-electron chi connectivity index (χ1n) is 4.96. The number of hydrogen-bond donors (Lipinski definition) is 4. The van der Waals surface area contributed by atoms with Gasteiger partial charge >= 0.3 is 0 Å². The molecular weight excluding hydrogens is 222 g/mol. The Morgan fingerprint density at radius 2 is 2.18 bits per heavy atom. The van der Waals surface area contributed by atoms with Crippen LogP contribution in [0.1, 0.15) is 16.1 Å². The fraction of sp³-hybridized carbons (Fsp3) is 0.0909. The largest absolute Gasteiger partial charge is 0.504 e. The van der Waals surface area contributed by atoms with Gasteiger partial charge in [0.05, 0.1) is 17.8 Å². The van der Waals surface area contributed by atoms with Gasteiger partial charge in [-0.25, -0.2) is 0 Å². The summed E-state index contributed by atoms with van der Waals surface area (Å²) in [5, 5.41) is 27.8. The van der Waals surface area contributed by atoms with Crippen LogP contribution in [0.25, 0.3) is 0 Å². The number of phenols is 2. The highest BCUT2D eigenvalue weighted by Gasteiger charge is 2.13. The summed E-state index contributed by atoms with van der Waals surface area (Å²) < 4.78 is 0. The number of carbonyl (C=O) groups is 1. The van der Waals surface area contributed by atoms with Gasteiger partial charge in [-0.2, -0.15) is 5.10 Å². The van der Waals surface area contributed by atoms with Crippen molar-refractivity contribution in [2.24, 2.45) is 0 Å². The van der Waals surface area contributed by atoms with E-state index in [4.69, 9.17) is 0 Å². The molecule has 0 saturated carbocycles. The van der Waals surface area contributed by atoms with E-state index in [1.807, 2.05) is 0 Å². The summed E-state index contributed by atoms with van der Waals surface area (Å²) >= 11 is 0. The zero-order chi connectivity index (χ0) is 12.3. The van der Waals surface area contributed by atoms with Crippen molar-refractivity contribution in [1.29, 1.82) is 0 Å². The van der Waals surface area contributed by atoms with E-state index in [9.17, 15) is 15.0 Å². The van der Waals surface area contributed by atoms with E-state index >= 15 is 0 Å². The SMILES string of the molecule is O=C(NCc1ccn[nH]1)c1cccc(O)c1O. The average Bonchev–Trinajstić information content (AvgIpc) is 2.82. The molecule has 6 heteroatoms. The van der Waals surface area contributed by atoms with Crippen LogP contribution in [-0.2, 0) is 6.54 Å². The van der Waals surface area contributed by atoms with E-state index in [1.54, 1.807) is 12.3 Å². The molecule has 1 amide bonds. The third-order valence-electron chi connectivity index (χ3n) is 2.26. The summed E-state index contributed by atoms with van der Waals surface area (Å²) in [7, 11) is 0. The van der Waals surface area contributed by atoms with Crippen LogP contribution in [0.3, 0.4) is 0 Å². The topological polar surface area (TPSA) is 98.2 Å². The maximum absolute atomic E-state index is 11.7. The number of phenolic OH excluding ortho intramolecular Hbond substituents is 2. The number of aromatic nitrogens is 2. The molecule has 0 bridgehead atoms. The average molecular weight is 233 g/mol. The van der Waals surface area contributed by atoms with Crippen LogP contribution in [0.2, 0.25) is 0 Å². The van der Waals surface area contributed by atoms with Gasteiger partial charge in [-0.3, -0.25) is 9.89 Å². The van der Waals surface area contributed by atoms with Crippen molar-refractivity contribution in [1.82, 2.24) is 15.5 Å². The highest BCUT2D eigenvalue weighted by molar-refractivity contribution is 5.97. The van der Waals surface area contributed by atoms with E-state index in [0.717, 1.165) is 5.69 Å². The molecule has 4 N–H and O–H groups in total. The highest BCUT2D eigenvalue weighted by Crippen LogP contribution is 2.27. The Morgan fingerprint density at radius 3 is 2.88 bits per heavy atom. The Balaban J connectivity index is 2.07. The summed E-state index contributed by atoms with van der Waals surface area (Å²) in [5.74, 6) is -1.21. The molecule has 0 aliphatic rings. The molecule has 6 nitrogen and oxygen atoms in total. The highest BCUT2D eigenvalue weighted by atomic mass is 16.3. The van der Waals surface area contributed by atoms with E-state index in [-0.39, 0.29) is 17.9 Å². The van der Waals surface area contributed by atoms with Gasteiger partial charge in [0.15, 0.2) is 11.5 Å². The van der Waals surface area contributed by atoms with E-state index in [1.165, 1.54) is 18.2 Å². The van der Waals surface area contributed by atoms with Crippen molar-refractivity contribution in [3.05, 3.63) is 41.7 Å². The van der Waals surface area contributed by atoms with Crippen molar-refractivity contribution < 1.29 is 15.0 Å². The van der Waals surface area contributed by atoms with Crippen LogP contribution in [0.15, 0.2) is 30.5 Å². The lowest BCUT2D eigenvalue weighted by Gasteiger charge is -2.06. The predicted octanol–water partition coefficient (Wildman–Crippen LogP) is 0.751. The maximum Gasteiger partial charge on any atom is 0.255 e. The standard InChI is InChI=1S/C11H11N3O3/c15-9-3-1-2-8(10(9)16)11(17)12-6-7-4-5-13-14-7/h1-5,15-16H,6H2,(H,12,17)(H,13,14). The molecule has 0 aliphatic heterocycles. The number of aromatic amines is 1. The number of benzene rings is 1. The van der Waals surface area contributed by atoms with Gasteiger partial charge in [0.25, 0.3) is 5.91 Å². The molecular formula is C11H11N3O3. The van der Waals surface area contributed by atoms with Crippen LogP contribution in [-0.4, -0.2) is 26.3 Å². The van der Waals surface area contributed by atoms with Gasteiger partial charge in [-0.15, -0.1) is 0 Å². The first-order chi connectivity index (χ1) is 8.18. The number of nitrogens with one attached hydrogen (secondary N) is 2. The summed E-state index contributed by atoms with van der Waals surface area (Å²) in [4.78, 5) is 11.7. The van der Waals surface area contributed by atoms with Crippen LogP contribution < -0.4 is 5.32 Å². The molecule has 2 rings (SSSR count). The second-order valence-electron chi connectivity index (χ2n) is 3.44. The number of rotatable bonds is 3. The number of nitrogens with zero attached hydrogens (tertiary/aromatic N) is 1. The summed E-state index contributed by atoms with van der Waals surface area (Å²) in [5.41, 5.74) is 0.780. The molecule has 1 aromatic heterocycles. The molecule has 1 aromatic carbocycles. The lowest BCUT2D eigenvalue weighted by molar-refractivity contribution is 0.0947. The number of aromatic hydroxyl groups is 2. The fourth-order valence-electron chi connectivity index (χ4n) is 1.37. The maximum atomic E-state index is 11.7. The van der Waals surface area contributed by atoms with Crippen LogP contribution >= 0.6 is 0 Å². The summed E-state index contributed by atoms with van der Waals surface area (Å²) in [6.45, 7) is 0.272. The first-order valence-corrected chi connectivity index (χ1v) is 4.96. The zero-order valence-corrected chi connectivity index (χ0v) is 8.84. The minimum Gasteiger partial charge on any atom is -0.504 e. The van der Waals surface area contributed by atoms with Crippen LogP contribution in [0.4, 0.5) is 0 Å². The molecule has 88 valence electrons. The lowest BCUT2D eigenvalue weighted by Crippen LogP contribution is -2.23. The Kier molecular flexibility index (Phi) is 2.95. The minimum absolute atomic E-state index is 0.0320. The quantitative estimate of drug-likeness (QED) is 0.588. The molecule has 0 spiro atoms. The number of carbonyl (C=O) groups excluding carboxylic acids is 1. The van der Waals surface area contributed by atoms with Gasteiger partial charge < -0.3 is 15.5 Å². The molecule has 1 heterocycles. The van der Waals surface area contributed by atoms with Gasteiger partial charge in [-0.05, 0) is 18.2 Å². The van der Waals surface area contributed by atoms with E-state index in [2.05, 4.69) is 15.5 Å². The third kappa shape index (κ3) is 2.36. The molecule has 0 unspecified atom stereocenters. The van der Waals surface area contributed by atoms with E-state index < -0.39 is 11.7 Å². The van der Waals surface area contributed by atoms with Crippen LogP contribution in [0, 0.1) is 0 Å².